The summed E-state index contributed by atoms with van der Waals surface area (Å²) in [6, 6.07) is 0. The molecule has 3 nitrogen and oxygen atoms in total. The van der Waals surface area contributed by atoms with Crippen LogP contribution in [0.4, 0.5) is 5.82 Å². The van der Waals surface area contributed by atoms with Gasteiger partial charge in [-0.3, -0.25) is 5.10 Å². The molecule has 0 amide bonds. The first-order valence-corrected chi connectivity index (χ1v) is 4.47. The summed E-state index contributed by atoms with van der Waals surface area (Å²) in [6.45, 7) is 7.54. The summed E-state index contributed by atoms with van der Waals surface area (Å²) in [7, 11) is 0. The molecule has 14 heavy (non-hydrogen) atoms. The second-order valence-electron chi connectivity index (χ2n) is 2.95. The number of nitrogens with one attached hydrogen (secondary N) is 1. The highest BCUT2D eigenvalue weighted by molar-refractivity contribution is 5.75. The molecule has 1 heterocycles. The molecule has 1 aromatic heterocycles. The normalized spacial score (nSPS) is 12.3. The number of nitrogens with zero attached hydrogens (tertiary/aromatic N) is 1. The third-order valence-corrected chi connectivity index (χ3v) is 2.06. The lowest BCUT2D eigenvalue weighted by Crippen LogP contribution is -1.87. The van der Waals surface area contributed by atoms with Crippen LogP contribution in [0.15, 0.2) is 30.9 Å². The van der Waals surface area contributed by atoms with E-state index in [2.05, 4.69) is 16.8 Å². The summed E-state index contributed by atoms with van der Waals surface area (Å²) in [5.41, 5.74) is 8.65. The van der Waals surface area contributed by atoms with E-state index in [9.17, 15) is 0 Å². The molecule has 0 atom stereocenters. The molecule has 0 saturated heterocycles. The number of aromatic amines is 1. The minimum atomic E-state index is 0.548. The third-order valence-electron chi connectivity index (χ3n) is 2.06. The molecule has 0 fully saturated rings. The maximum Gasteiger partial charge on any atom is 0.148 e. The summed E-state index contributed by atoms with van der Waals surface area (Å²) in [4.78, 5) is 0. The number of hydrogen-bond donors (Lipinski definition) is 2. The molecule has 1 aromatic rings. The number of rotatable bonds is 3. The van der Waals surface area contributed by atoms with Crippen LogP contribution in [0.5, 0.6) is 0 Å². The number of hydrogen-bond acceptors (Lipinski definition) is 2. The van der Waals surface area contributed by atoms with Gasteiger partial charge in [-0.2, -0.15) is 5.10 Å². The van der Waals surface area contributed by atoms with Crippen LogP contribution in [0, 0.1) is 6.92 Å². The summed E-state index contributed by atoms with van der Waals surface area (Å²) in [6.07, 6.45) is 7.58. The van der Waals surface area contributed by atoms with E-state index in [4.69, 9.17) is 5.73 Å². The molecule has 0 aromatic carbocycles. The first-order chi connectivity index (χ1) is 6.70. The number of aromatic nitrogens is 2. The van der Waals surface area contributed by atoms with Gasteiger partial charge in [0.25, 0.3) is 0 Å². The molecular weight excluding hydrogens is 174 g/mol. The minimum Gasteiger partial charge on any atom is -0.382 e. The van der Waals surface area contributed by atoms with Crippen LogP contribution < -0.4 is 5.73 Å². The van der Waals surface area contributed by atoms with Gasteiger partial charge in [-0.1, -0.05) is 30.9 Å². The van der Waals surface area contributed by atoms with E-state index >= 15 is 0 Å². The van der Waals surface area contributed by atoms with Crippen molar-refractivity contribution in [3.05, 3.63) is 42.1 Å². The third kappa shape index (κ3) is 1.93. The van der Waals surface area contributed by atoms with Crippen LogP contribution in [0.1, 0.15) is 18.2 Å². The van der Waals surface area contributed by atoms with E-state index in [1.807, 2.05) is 32.1 Å². The molecule has 3 N–H and O–H groups in total. The maximum atomic E-state index is 5.65. The Morgan fingerprint density at radius 2 is 2.29 bits per heavy atom. The lowest BCUT2D eigenvalue weighted by Gasteiger charge is -1.98. The van der Waals surface area contributed by atoms with Gasteiger partial charge in [-0.25, -0.2) is 0 Å². The molecule has 0 spiro atoms. The Morgan fingerprint density at radius 3 is 2.71 bits per heavy atom. The molecule has 74 valence electrons. The molecule has 0 saturated carbocycles. The van der Waals surface area contributed by atoms with Crippen molar-refractivity contribution in [1.29, 1.82) is 0 Å². The van der Waals surface area contributed by atoms with Gasteiger partial charge < -0.3 is 5.73 Å². The van der Waals surface area contributed by atoms with Crippen LogP contribution in [0.25, 0.3) is 5.57 Å². The lowest BCUT2D eigenvalue weighted by molar-refractivity contribution is 1.08. The second kappa shape index (κ2) is 4.46. The highest BCUT2D eigenvalue weighted by Gasteiger charge is 2.07. The molecule has 1 rings (SSSR count). The standard InChI is InChI=1S/C11H15N3/c1-4-6-7-9(5-2)10-8(3)11(12)14-13-10/h4-7H,1H2,2-3H3,(H3,12,13,14)/b7-6-,9-5+. The van der Waals surface area contributed by atoms with Crippen LogP contribution in [0.2, 0.25) is 0 Å². The highest BCUT2D eigenvalue weighted by Crippen LogP contribution is 2.20. The minimum absolute atomic E-state index is 0.548. The fourth-order valence-electron chi connectivity index (χ4n) is 1.19. The van der Waals surface area contributed by atoms with Gasteiger partial charge in [0.1, 0.15) is 5.82 Å². The Labute approximate surface area is 84.0 Å². The Kier molecular flexibility index (Phi) is 3.29. The van der Waals surface area contributed by atoms with Gasteiger partial charge in [-0.15, -0.1) is 0 Å². The molecule has 0 radical (unpaired) electrons. The molecule has 0 bridgehead atoms. The average molecular weight is 189 g/mol. The van der Waals surface area contributed by atoms with Crippen molar-refractivity contribution in [2.24, 2.45) is 0 Å². The summed E-state index contributed by atoms with van der Waals surface area (Å²) in [5, 5.41) is 6.85. The van der Waals surface area contributed by atoms with E-state index in [1.54, 1.807) is 6.08 Å². The van der Waals surface area contributed by atoms with Crippen molar-refractivity contribution in [3.8, 4) is 0 Å². The van der Waals surface area contributed by atoms with Gasteiger partial charge in [0.05, 0.1) is 5.69 Å². The van der Waals surface area contributed by atoms with Crippen molar-refractivity contribution in [2.75, 3.05) is 5.73 Å². The molecule has 0 aliphatic rings. The van der Waals surface area contributed by atoms with E-state index in [0.717, 1.165) is 16.8 Å². The fraction of sp³-hybridized carbons (Fsp3) is 0.182. The van der Waals surface area contributed by atoms with Gasteiger partial charge in [0.2, 0.25) is 0 Å². The zero-order chi connectivity index (χ0) is 10.6. The number of H-pyrrole nitrogens is 1. The smallest absolute Gasteiger partial charge is 0.148 e. The lowest BCUT2D eigenvalue weighted by atomic mass is 10.1. The van der Waals surface area contributed by atoms with Crippen LogP contribution >= 0.6 is 0 Å². The van der Waals surface area contributed by atoms with Crippen LogP contribution in [0.3, 0.4) is 0 Å². The Morgan fingerprint density at radius 1 is 1.57 bits per heavy atom. The largest absolute Gasteiger partial charge is 0.382 e. The topological polar surface area (TPSA) is 54.7 Å². The van der Waals surface area contributed by atoms with Crippen molar-refractivity contribution in [1.82, 2.24) is 10.2 Å². The zero-order valence-corrected chi connectivity index (χ0v) is 8.54. The number of nitrogen functional groups attached to an aromatic ring is 1. The first kappa shape index (κ1) is 10.3. The van der Waals surface area contributed by atoms with Gasteiger partial charge in [0, 0.05) is 5.56 Å². The summed E-state index contributed by atoms with van der Waals surface area (Å²) in [5.74, 6) is 0.548. The average Bonchev–Trinajstić information content (AvgIpc) is 2.51. The Bertz CT molecular complexity index is 383. The quantitative estimate of drug-likeness (QED) is 0.717. The van der Waals surface area contributed by atoms with Crippen molar-refractivity contribution >= 4 is 11.4 Å². The van der Waals surface area contributed by atoms with E-state index < -0.39 is 0 Å². The second-order valence-corrected chi connectivity index (χ2v) is 2.95. The number of allylic oxidation sites excluding steroid dienone is 5. The van der Waals surface area contributed by atoms with Gasteiger partial charge in [0.15, 0.2) is 0 Å². The van der Waals surface area contributed by atoms with Crippen LogP contribution in [-0.4, -0.2) is 10.2 Å². The van der Waals surface area contributed by atoms with Gasteiger partial charge in [-0.05, 0) is 19.4 Å². The SMILES string of the molecule is C=C/C=C\C(=C/C)c1[nH]nc(N)c1C. The van der Waals surface area contributed by atoms with Crippen molar-refractivity contribution < 1.29 is 0 Å². The number of nitrogens with two attached hydrogens (primary N) is 1. The fourth-order valence-corrected chi connectivity index (χ4v) is 1.19. The molecular formula is C11H15N3. The Hall–Kier alpha value is -1.77. The Balaban J connectivity index is 3.08. The van der Waals surface area contributed by atoms with Crippen LogP contribution in [-0.2, 0) is 0 Å². The van der Waals surface area contributed by atoms with Crippen molar-refractivity contribution in [2.45, 2.75) is 13.8 Å². The molecule has 0 aliphatic heterocycles. The molecule has 0 unspecified atom stereocenters. The highest BCUT2D eigenvalue weighted by atomic mass is 15.2. The van der Waals surface area contributed by atoms with Gasteiger partial charge >= 0.3 is 0 Å². The molecule has 0 aliphatic carbocycles. The van der Waals surface area contributed by atoms with E-state index in [0.29, 0.717) is 5.82 Å². The summed E-state index contributed by atoms with van der Waals surface area (Å²) >= 11 is 0. The number of anilines is 1. The summed E-state index contributed by atoms with van der Waals surface area (Å²) < 4.78 is 0. The predicted octanol–water partition coefficient (Wildman–Crippen LogP) is 2.45. The maximum absolute atomic E-state index is 5.65. The van der Waals surface area contributed by atoms with E-state index in [-0.39, 0.29) is 0 Å². The van der Waals surface area contributed by atoms with Crippen molar-refractivity contribution in [3.63, 3.8) is 0 Å². The molecule has 3 heteroatoms. The monoisotopic (exact) mass is 189 g/mol. The predicted molar refractivity (Wildman–Crippen MR) is 60.7 cm³/mol. The van der Waals surface area contributed by atoms with E-state index in [1.165, 1.54) is 0 Å². The first-order valence-electron chi connectivity index (χ1n) is 4.47. The zero-order valence-electron chi connectivity index (χ0n) is 8.54.